The highest BCUT2D eigenvalue weighted by Crippen LogP contribution is 2.33. The molecule has 4 aromatic rings. The van der Waals surface area contributed by atoms with Crippen molar-refractivity contribution >= 4 is 35.0 Å². The van der Waals surface area contributed by atoms with Crippen LogP contribution in [-0.2, 0) is 19.2 Å². The van der Waals surface area contributed by atoms with Crippen molar-refractivity contribution in [1.82, 2.24) is 0 Å². The Hall–Kier alpha value is -5.96. The smallest absolute Gasteiger partial charge is 0.258 e. The Kier molecular flexibility index (Phi) is 6.58. The molecule has 0 saturated heterocycles. The first-order valence-electron chi connectivity index (χ1n) is 12.5. The van der Waals surface area contributed by atoms with Gasteiger partial charge >= 0.3 is 0 Å². The van der Waals surface area contributed by atoms with Crippen molar-refractivity contribution in [3.8, 4) is 34.5 Å². The van der Waals surface area contributed by atoms with Crippen LogP contribution in [0.25, 0.3) is 0 Å². The summed E-state index contributed by atoms with van der Waals surface area (Å²) in [5.41, 5.74) is 0.820. The van der Waals surface area contributed by atoms with Gasteiger partial charge in [0.1, 0.15) is 34.5 Å². The van der Waals surface area contributed by atoms with Crippen molar-refractivity contribution in [2.24, 2.45) is 0 Å². The summed E-state index contributed by atoms with van der Waals surface area (Å²) < 4.78 is 18.0. The number of amides is 4. The molecule has 200 valence electrons. The molecule has 0 aliphatic carbocycles. The van der Waals surface area contributed by atoms with Crippen LogP contribution in [0, 0.1) is 0 Å². The van der Waals surface area contributed by atoms with Gasteiger partial charge in [0.2, 0.25) is 0 Å². The lowest BCUT2D eigenvalue weighted by Crippen LogP contribution is -2.29. The molecule has 4 amide bonds. The van der Waals surface area contributed by atoms with Crippen LogP contribution in [-0.4, -0.2) is 23.6 Å². The normalized spacial score (nSPS) is 14.2. The Morgan fingerprint density at radius 3 is 0.951 bits per heavy atom. The molecule has 0 N–H and O–H groups in total. The lowest BCUT2D eigenvalue weighted by Gasteiger charge is -2.15. The van der Waals surface area contributed by atoms with Crippen LogP contribution in [0.3, 0.4) is 0 Å². The zero-order valence-electron chi connectivity index (χ0n) is 21.3. The van der Waals surface area contributed by atoms with Crippen molar-refractivity contribution in [2.45, 2.75) is 0 Å². The van der Waals surface area contributed by atoms with Gasteiger partial charge in [-0.2, -0.15) is 0 Å². The summed E-state index contributed by atoms with van der Waals surface area (Å²) in [6, 6.07) is 27.4. The van der Waals surface area contributed by atoms with E-state index in [-0.39, 0.29) is 0 Å². The first-order valence-corrected chi connectivity index (χ1v) is 12.5. The van der Waals surface area contributed by atoms with Gasteiger partial charge in [0.25, 0.3) is 23.6 Å². The maximum Gasteiger partial charge on any atom is 0.258 e. The largest absolute Gasteiger partial charge is 0.457 e. The Bertz CT molecular complexity index is 1610. The molecule has 0 atom stereocenters. The summed E-state index contributed by atoms with van der Waals surface area (Å²) in [5.74, 6) is 1.24. The van der Waals surface area contributed by atoms with Crippen LogP contribution in [0.4, 0.5) is 11.4 Å². The van der Waals surface area contributed by atoms with Crippen LogP contribution in [0.1, 0.15) is 0 Å². The van der Waals surface area contributed by atoms with Gasteiger partial charge in [-0.25, -0.2) is 9.80 Å². The fourth-order valence-corrected chi connectivity index (χ4v) is 4.29. The number of nitrogens with zero attached hydrogens (tertiary/aromatic N) is 2. The minimum Gasteiger partial charge on any atom is -0.457 e. The van der Waals surface area contributed by atoms with E-state index in [1.807, 2.05) is 0 Å². The van der Waals surface area contributed by atoms with E-state index in [9.17, 15) is 19.2 Å². The predicted octanol–water partition coefficient (Wildman–Crippen LogP) is 5.92. The van der Waals surface area contributed by atoms with Crippen molar-refractivity contribution in [1.29, 1.82) is 0 Å². The molecule has 0 aromatic heterocycles. The Morgan fingerprint density at radius 1 is 0.366 bits per heavy atom. The number of ether oxygens (including phenoxy) is 3. The van der Waals surface area contributed by atoms with Crippen molar-refractivity contribution in [2.75, 3.05) is 9.80 Å². The highest BCUT2D eigenvalue weighted by atomic mass is 16.5. The number of anilines is 2. The monoisotopic (exact) mass is 544 g/mol. The minimum absolute atomic E-state index is 0.407. The number of rotatable bonds is 8. The Balaban J connectivity index is 1.14. The Labute approximate surface area is 234 Å². The summed E-state index contributed by atoms with van der Waals surface area (Å²) in [4.78, 5) is 50.2. The lowest BCUT2D eigenvalue weighted by atomic mass is 10.2. The van der Waals surface area contributed by atoms with Gasteiger partial charge in [-0.3, -0.25) is 19.2 Å². The average Bonchev–Trinajstić information content (AvgIpc) is 3.48. The highest BCUT2D eigenvalue weighted by molar-refractivity contribution is 6.28. The van der Waals surface area contributed by atoms with E-state index < -0.39 is 23.6 Å². The molecule has 0 bridgehead atoms. The number of imide groups is 2. The fourth-order valence-electron chi connectivity index (χ4n) is 4.29. The molecule has 2 aliphatic heterocycles. The first kappa shape index (κ1) is 25.3. The summed E-state index contributed by atoms with van der Waals surface area (Å²) in [6.45, 7) is 0. The molecule has 2 aliphatic rings. The fraction of sp³-hybridized carbons (Fsp3) is 0. The quantitative estimate of drug-likeness (QED) is 0.254. The van der Waals surface area contributed by atoms with Gasteiger partial charge in [0.15, 0.2) is 0 Å². The van der Waals surface area contributed by atoms with E-state index in [2.05, 4.69) is 0 Å². The lowest BCUT2D eigenvalue weighted by molar-refractivity contribution is -0.121. The third-order valence-corrected chi connectivity index (χ3v) is 6.09. The van der Waals surface area contributed by atoms with E-state index in [1.165, 1.54) is 24.3 Å². The molecular formula is C32H20N2O7. The molecule has 0 radical (unpaired) electrons. The maximum absolute atomic E-state index is 12.0. The number of hydrogen-bond donors (Lipinski definition) is 0. The van der Waals surface area contributed by atoms with Crippen LogP contribution in [0.15, 0.2) is 121 Å². The van der Waals surface area contributed by atoms with Gasteiger partial charge < -0.3 is 14.2 Å². The third-order valence-electron chi connectivity index (χ3n) is 6.09. The van der Waals surface area contributed by atoms with Crippen LogP contribution < -0.4 is 24.0 Å². The standard InChI is InChI=1S/C32H20N2O7/c35-29-13-14-30(36)33(29)21-5-1-7-23(17-21)39-25-9-3-11-27(19-25)41-28-12-4-10-26(20-28)40-24-8-2-6-22(18-24)34-31(37)15-16-32(34)38/h1-20H. The molecule has 4 aromatic carbocycles. The number of hydrogen-bond acceptors (Lipinski definition) is 7. The minimum atomic E-state index is -0.407. The van der Waals surface area contributed by atoms with Crippen molar-refractivity contribution in [3.05, 3.63) is 121 Å². The summed E-state index contributed by atoms with van der Waals surface area (Å²) in [6.07, 6.45) is 4.91. The predicted molar refractivity (Wildman–Crippen MR) is 149 cm³/mol. The Morgan fingerprint density at radius 2 is 0.634 bits per heavy atom. The van der Waals surface area contributed by atoms with E-state index in [1.54, 1.807) is 97.1 Å². The molecule has 0 saturated carbocycles. The van der Waals surface area contributed by atoms with E-state index in [0.29, 0.717) is 45.9 Å². The number of carbonyl (C=O) groups excluding carboxylic acids is 4. The molecular weight excluding hydrogens is 524 g/mol. The third kappa shape index (κ3) is 5.45. The molecule has 9 nitrogen and oxygen atoms in total. The van der Waals surface area contributed by atoms with Gasteiger partial charge in [0, 0.05) is 48.6 Å². The van der Waals surface area contributed by atoms with Crippen LogP contribution in [0.5, 0.6) is 34.5 Å². The molecule has 9 heteroatoms. The summed E-state index contributed by atoms with van der Waals surface area (Å²) in [7, 11) is 0. The van der Waals surface area contributed by atoms with E-state index in [4.69, 9.17) is 14.2 Å². The zero-order chi connectivity index (χ0) is 28.3. The summed E-state index contributed by atoms with van der Waals surface area (Å²) >= 11 is 0. The van der Waals surface area contributed by atoms with E-state index >= 15 is 0 Å². The highest BCUT2D eigenvalue weighted by Gasteiger charge is 2.26. The second-order valence-corrected chi connectivity index (χ2v) is 8.94. The molecule has 41 heavy (non-hydrogen) atoms. The second kappa shape index (κ2) is 10.7. The van der Waals surface area contributed by atoms with Gasteiger partial charge in [-0.1, -0.05) is 24.3 Å². The molecule has 0 unspecified atom stereocenters. The SMILES string of the molecule is O=C1C=CC(=O)N1c1cccc(Oc2cccc(Oc3cccc(Oc4cccc(N5C(=O)C=CC5=O)c4)c3)c2)c1. The van der Waals surface area contributed by atoms with Crippen molar-refractivity contribution in [3.63, 3.8) is 0 Å². The average molecular weight is 545 g/mol. The first-order chi connectivity index (χ1) is 19.9. The number of benzene rings is 4. The van der Waals surface area contributed by atoms with Gasteiger partial charge in [-0.05, 0) is 48.5 Å². The van der Waals surface area contributed by atoms with Gasteiger partial charge in [-0.15, -0.1) is 0 Å². The summed E-state index contributed by atoms with van der Waals surface area (Å²) in [5, 5.41) is 0. The van der Waals surface area contributed by atoms with Crippen LogP contribution >= 0.6 is 0 Å². The second-order valence-electron chi connectivity index (χ2n) is 8.94. The van der Waals surface area contributed by atoms with Crippen molar-refractivity contribution < 1.29 is 33.4 Å². The number of carbonyl (C=O) groups is 4. The zero-order valence-corrected chi connectivity index (χ0v) is 21.3. The maximum atomic E-state index is 12.0. The molecule has 0 fully saturated rings. The van der Waals surface area contributed by atoms with Crippen LogP contribution in [0.2, 0.25) is 0 Å². The molecule has 0 spiro atoms. The van der Waals surface area contributed by atoms with Gasteiger partial charge in [0.05, 0.1) is 11.4 Å². The van der Waals surface area contributed by atoms with E-state index in [0.717, 1.165) is 9.80 Å². The molecule has 6 rings (SSSR count). The molecule has 2 heterocycles. The topological polar surface area (TPSA) is 102 Å².